The Morgan fingerprint density at radius 3 is 2.50 bits per heavy atom. The molecule has 0 bridgehead atoms. The number of halogens is 1. The number of ether oxygens (including phenoxy) is 3. The van der Waals surface area contributed by atoms with E-state index in [1.54, 1.807) is 0 Å². The number of hydrogen-bond acceptors (Lipinski definition) is 6. The van der Waals surface area contributed by atoms with Crippen LogP contribution in [-0.4, -0.2) is 49.5 Å². The molecule has 2 heterocycles. The number of hydrogen-bond donors (Lipinski definition) is 0. The molecular weight excluding hydrogens is 332 g/mol. The van der Waals surface area contributed by atoms with Crippen molar-refractivity contribution < 1.29 is 18.7 Å². The molecule has 1 saturated heterocycles. The number of rotatable bonds is 7. The van der Waals surface area contributed by atoms with Crippen LogP contribution in [0, 0.1) is 6.92 Å². The highest BCUT2D eigenvalue weighted by molar-refractivity contribution is 5.85. The summed E-state index contributed by atoms with van der Waals surface area (Å²) >= 11 is 0. The molecule has 0 radical (unpaired) electrons. The van der Waals surface area contributed by atoms with Crippen molar-refractivity contribution in [2.24, 2.45) is 0 Å². The van der Waals surface area contributed by atoms with Gasteiger partial charge in [0.1, 0.15) is 24.7 Å². The molecule has 0 spiro atoms. The van der Waals surface area contributed by atoms with Crippen LogP contribution in [0.2, 0.25) is 0 Å². The highest BCUT2D eigenvalue weighted by Crippen LogP contribution is 2.27. The molecule has 1 fully saturated rings. The number of nitrogens with zero attached hydrogens (tertiary/aromatic N) is 2. The van der Waals surface area contributed by atoms with Gasteiger partial charge >= 0.3 is 0 Å². The van der Waals surface area contributed by atoms with E-state index in [0.29, 0.717) is 13.2 Å². The fourth-order valence-electron chi connectivity index (χ4n) is 2.44. The van der Waals surface area contributed by atoms with Gasteiger partial charge in [-0.2, -0.15) is 0 Å². The van der Waals surface area contributed by atoms with E-state index in [-0.39, 0.29) is 12.4 Å². The number of para-hydroxylation sites is 2. The van der Waals surface area contributed by atoms with Crippen molar-refractivity contribution in [3.05, 3.63) is 41.8 Å². The van der Waals surface area contributed by atoms with Gasteiger partial charge < -0.3 is 18.7 Å². The molecule has 0 amide bonds. The maximum Gasteiger partial charge on any atom is 0.161 e. The summed E-state index contributed by atoms with van der Waals surface area (Å²) in [5, 5.41) is 3.92. The monoisotopic (exact) mass is 354 g/mol. The van der Waals surface area contributed by atoms with Crippen LogP contribution in [0.25, 0.3) is 0 Å². The van der Waals surface area contributed by atoms with Crippen LogP contribution in [0.4, 0.5) is 0 Å². The maximum atomic E-state index is 5.88. The summed E-state index contributed by atoms with van der Waals surface area (Å²) < 4.78 is 22.1. The fraction of sp³-hybridized carbons (Fsp3) is 0.471. The van der Waals surface area contributed by atoms with Gasteiger partial charge in [0.25, 0.3) is 0 Å². The SMILES string of the molecule is Cc1cc(COc2ccccc2OCCN2CCOCC2)no1.Cl. The van der Waals surface area contributed by atoms with E-state index < -0.39 is 0 Å². The van der Waals surface area contributed by atoms with Crippen LogP contribution in [0.3, 0.4) is 0 Å². The third kappa shape index (κ3) is 5.40. The van der Waals surface area contributed by atoms with E-state index in [2.05, 4.69) is 10.1 Å². The number of morpholine rings is 1. The molecular formula is C17H23ClN2O4. The highest BCUT2D eigenvalue weighted by atomic mass is 35.5. The molecule has 1 aromatic heterocycles. The Morgan fingerprint density at radius 2 is 1.83 bits per heavy atom. The maximum absolute atomic E-state index is 5.88. The Bertz CT molecular complexity index is 614. The molecule has 7 heteroatoms. The van der Waals surface area contributed by atoms with E-state index >= 15 is 0 Å². The Kier molecular flexibility index (Phi) is 7.36. The smallest absolute Gasteiger partial charge is 0.161 e. The van der Waals surface area contributed by atoms with E-state index in [4.69, 9.17) is 18.7 Å². The Labute approximate surface area is 148 Å². The van der Waals surface area contributed by atoms with Gasteiger partial charge in [-0.15, -0.1) is 12.4 Å². The van der Waals surface area contributed by atoms with Crippen LogP contribution < -0.4 is 9.47 Å². The van der Waals surface area contributed by atoms with Gasteiger partial charge in [0.05, 0.1) is 13.2 Å². The van der Waals surface area contributed by atoms with E-state index in [0.717, 1.165) is 55.8 Å². The van der Waals surface area contributed by atoms with E-state index in [9.17, 15) is 0 Å². The minimum Gasteiger partial charge on any atom is -0.488 e. The van der Waals surface area contributed by atoms with E-state index in [1.165, 1.54) is 0 Å². The summed E-state index contributed by atoms with van der Waals surface area (Å²) in [6, 6.07) is 9.55. The molecule has 0 unspecified atom stereocenters. The molecule has 1 aliphatic heterocycles. The van der Waals surface area contributed by atoms with Gasteiger partial charge in [-0.25, -0.2) is 0 Å². The zero-order valence-corrected chi connectivity index (χ0v) is 14.6. The third-order valence-electron chi connectivity index (χ3n) is 3.67. The molecule has 2 aromatic rings. The zero-order valence-electron chi connectivity index (χ0n) is 13.8. The quantitative estimate of drug-likeness (QED) is 0.762. The minimum absolute atomic E-state index is 0. The molecule has 0 N–H and O–H groups in total. The summed E-state index contributed by atoms with van der Waals surface area (Å²) in [5.74, 6) is 2.25. The lowest BCUT2D eigenvalue weighted by Crippen LogP contribution is -2.38. The van der Waals surface area contributed by atoms with Crippen molar-refractivity contribution in [1.29, 1.82) is 0 Å². The molecule has 24 heavy (non-hydrogen) atoms. The van der Waals surface area contributed by atoms with Gasteiger partial charge in [-0.05, 0) is 19.1 Å². The van der Waals surface area contributed by atoms with Crippen LogP contribution in [0.1, 0.15) is 11.5 Å². The average molecular weight is 355 g/mol. The Hall–Kier alpha value is -1.76. The van der Waals surface area contributed by atoms with Crippen LogP contribution >= 0.6 is 12.4 Å². The zero-order chi connectivity index (χ0) is 15.9. The largest absolute Gasteiger partial charge is 0.488 e. The van der Waals surface area contributed by atoms with Gasteiger partial charge in [0.15, 0.2) is 11.5 Å². The predicted octanol–water partition coefficient (Wildman–Crippen LogP) is 2.69. The first-order chi connectivity index (χ1) is 11.3. The van der Waals surface area contributed by atoms with Gasteiger partial charge in [-0.3, -0.25) is 4.90 Å². The van der Waals surface area contributed by atoms with E-state index in [1.807, 2.05) is 37.3 Å². The van der Waals surface area contributed by atoms with Crippen molar-refractivity contribution in [3.8, 4) is 11.5 Å². The molecule has 1 aromatic carbocycles. The number of aromatic nitrogens is 1. The third-order valence-corrected chi connectivity index (χ3v) is 3.67. The fourth-order valence-corrected chi connectivity index (χ4v) is 2.44. The molecule has 132 valence electrons. The lowest BCUT2D eigenvalue weighted by molar-refractivity contribution is 0.0320. The van der Waals surface area contributed by atoms with Crippen LogP contribution in [-0.2, 0) is 11.3 Å². The lowest BCUT2D eigenvalue weighted by Gasteiger charge is -2.26. The van der Waals surface area contributed by atoms with Gasteiger partial charge in [0.2, 0.25) is 0 Å². The average Bonchev–Trinajstić information content (AvgIpc) is 3.00. The normalized spacial score (nSPS) is 14.9. The summed E-state index contributed by atoms with van der Waals surface area (Å²) in [5.41, 5.74) is 0.769. The van der Waals surface area contributed by atoms with Crippen molar-refractivity contribution in [3.63, 3.8) is 0 Å². The first-order valence-electron chi connectivity index (χ1n) is 7.88. The lowest BCUT2D eigenvalue weighted by atomic mass is 10.3. The summed E-state index contributed by atoms with van der Waals surface area (Å²) in [6.45, 7) is 7.28. The first-order valence-corrected chi connectivity index (χ1v) is 7.88. The highest BCUT2D eigenvalue weighted by Gasteiger charge is 2.11. The standard InChI is InChI=1S/C17H22N2O4.ClH/c1-14-12-15(18-23-14)13-22-17-5-3-2-4-16(17)21-11-8-19-6-9-20-10-7-19;/h2-5,12H,6-11,13H2,1H3;1H. The topological polar surface area (TPSA) is 57.0 Å². The second-order valence-electron chi connectivity index (χ2n) is 5.47. The van der Waals surface area contributed by atoms with Crippen molar-refractivity contribution >= 4 is 12.4 Å². The Morgan fingerprint density at radius 1 is 1.12 bits per heavy atom. The van der Waals surface area contributed by atoms with Crippen LogP contribution in [0.15, 0.2) is 34.9 Å². The number of aryl methyl sites for hydroxylation is 1. The molecule has 0 aliphatic carbocycles. The summed E-state index contributed by atoms with van der Waals surface area (Å²) in [7, 11) is 0. The Balaban J connectivity index is 0.00000208. The second kappa shape index (κ2) is 9.52. The van der Waals surface area contributed by atoms with Gasteiger partial charge in [-0.1, -0.05) is 17.3 Å². The summed E-state index contributed by atoms with van der Waals surface area (Å²) in [4.78, 5) is 2.34. The van der Waals surface area contributed by atoms with Crippen molar-refractivity contribution in [2.45, 2.75) is 13.5 Å². The summed E-state index contributed by atoms with van der Waals surface area (Å²) in [6.07, 6.45) is 0. The predicted molar refractivity (Wildman–Crippen MR) is 92.0 cm³/mol. The van der Waals surface area contributed by atoms with Crippen molar-refractivity contribution in [1.82, 2.24) is 10.1 Å². The molecule has 6 nitrogen and oxygen atoms in total. The second-order valence-corrected chi connectivity index (χ2v) is 5.47. The molecule has 0 atom stereocenters. The van der Waals surface area contributed by atoms with Gasteiger partial charge in [0, 0.05) is 25.7 Å². The molecule has 0 saturated carbocycles. The minimum atomic E-state index is 0. The molecule has 3 rings (SSSR count). The van der Waals surface area contributed by atoms with Crippen molar-refractivity contribution in [2.75, 3.05) is 39.5 Å². The first kappa shape index (κ1) is 18.6. The number of benzene rings is 1. The van der Waals surface area contributed by atoms with Crippen LogP contribution in [0.5, 0.6) is 11.5 Å². The molecule has 1 aliphatic rings.